The van der Waals surface area contributed by atoms with Crippen LogP contribution in [-0.2, 0) is 4.79 Å². The van der Waals surface area contributed by atoms with Gasteiger partial charge in [-0.15, -0.1) is 0 Å². The molecule has 0 radical (unpaired) electrons. The van der Waals surface area contributed by atoms with Crippen molar-refractivity contribution in [3.8, 4) is 22.8 Å². The normalized spacial score (nSPS) is 10.5. The van der Waals surface area contributed by atoms with E-state index >= 15 is 0 Å². The van der Waals surface area contributed by atoms with Gasteiger partial charge in [0.25, 0.3) is 5.91 Å². The largest absolute Gasteiger partial charge is 0.497 e. The van der Waals surface area contributed by atoms with Crippen molar-refractivity contribution >= 4 is 17.5 Å². The van der Waals surface area contributed by atoms with Gasteiger partial charge < -0.3 is 24.6 Å². The zero-order valence-electron chi connectivity index (χ0n) is 16.3. The van der Waals surface area contributed by atoms with Gasteiger partial charge in [-0.05, 0) is 30.3 Å². The second-order valence-electron chi connectivity index (χ2n) is 6.10. The molecule has 2 N–H and O–H groups in total. The SMILES string of the molecule is COc1ccc(OC)c(-c2cc(C(=O)NCC(=O)Nc3ccc(F)c(F)c3F)no2)c1. The van der Waals surface area contributed by atoms with Crippen molar-refractivity contribution in [1.82, 2.24) is 10.5 Å². The molecule has 11 heteroatoms. The summed E-state index contributed by atoms with van der Waals surface area (Å²) in [4.78, 5) is 24.1. The lowest BCUT2D eigenvalue weighted by molar-refractivity contribution is -0.115. The Morgan fingerprint density at radius 2 is 1.81 bits per heavy atom. The Hall–Kier alpha value is -4.02. The summed E-state index contributed by atoms with van der Waals surface area (Å²) in [5, 5.41) is 7.95. The fourth-order valence-corrected chi connectivity index (χ4v) is 2.58. The number of carbonyl (C=O) groups is 2. The number of benzene rings is 2. The minimum atomic E-state index is -1.72. The number of nitrogens with one attached hydrogen (secondary N) is 2. The maximum atomic E-state index is 13.6. The van der Waals surface area contributed by atoms with Gasteiger partial charge in [-0.2, -0.15) is 0 Å². The molecule has 0 atom stereocenters. The molecule has 162 valence electrons. The molecule has 0 aliphatic carbocycles. The van der Waals surface area contributed by atoms with E-state index in [9.17, 15) is 22.8 Å². The van der Waals surface area contributed by atoms with Gasteiger partial charge in [0.15, 0.2) is 28.9 Å². The number of halogens is 3. The molecule has 2 aromatic carbocycles. The lowest BCUT2D eigenvalue weighted by Crippen LogP contribution is -2.33. The first-order valence-corrected chi connectivity index (χ1v) is 8.74. The first-order chi connectivity index (χ1) is 14.8. The van der Waals surface area contributed by atoms with Crippen LogP contribution in [0.4, 0.5) is 18.9 Å². The van der Waals surface area contributed by atoms with Gasteiger partial charge in [0.2, 0.25) is 5.91 Å². The molecule has 0 aliphatic rings. The van der Waals surface area contributed by atoms with Gasteiger partial charge in [0.05, 0.1) is 32.0 Å². The van der Waals surface area contributed by atoms with E-state index in [0.717, 1.165) is 6.07 Å². The van der Waals surface area contributed by atoms with E-state index in [1.54, 1.807) is 18.2 Å². The summed E-state index contributed by atoms with van der Waals surface area (Å²) in [5.74, 6) is -5.07. The highest BCUT2D eigenvalue weighted by molar-refractivity contribution is 5.98. The number of hydrogen-bond donors (Lipinski definition) is 2. The molecule has 0 unspecified atom stereocenters. The fourth-order valence-electron chi connectivity index (χ4n) is 2.58. The van der Waals surface area contributed by atoms with Crippen molar-refractivity contribution < 1.29 is 36.8 Å². The Morgan fingerprint density at radius 3 is 2.52 bits per heavy atom. The van der Waals surface area contributed by atoms with Crippen LogP contribution in [0.3, 0.4) is 0 Å². The van der Waals surface area contributed by atoms with E-state index in [-0.39, 0.29) is 11.5 Å². The molecule has 0 aliphatic heterocycles. The summed E-state index contributed by atoms with van der Waals surface area (Å²) in [5.41, 5.74) is -0.210. The minimum absolute atomic E-state index is 0.133. The van der Waals surface area contributed by atoms with Crippen LogP contribution in [0.2, 0.25) is 0 Å². The lowest BCUT2D eigenvalue weighted by Gasteiger charge is -2.08. The maximum absolute atomic E-state index is 13.6. The van der Waals surface area contributed by atoms with E-state index in [2.05, 4.69) is 10.5 Å². The Kier molecular flexibility index (Phi) is 6.43. The summed E-state index contributed by atoms with van der Waals surface area (Å²) in [6, 6.07) is 7.82. The van der Waals surface area contributed by atoms with E-state index in [1.807, 2.05) is 5.32 Å². The summed E-state index contributed by atoms with van der Waals surface area (Å²) in [6.07, 6.45) is 0. The van der Waals surface area contributed by atoms with E-state index < -0.39 is 41.5 Å². The van der Waals surface area contributed by atoms with Crippen molar-refractivity contribution in [2.24, 2.45) is 0 Å². The number of nitrogens with zero attached hydrogens (tertiary/aromatic N) is 1. The number of anilines is 1. The van der Waals surface area contributed by atoms with Crippen molar-refractivity contribution in [3.63, 3.8) is 0 Å². The quantitative estimate of drug-likeness (QED) is 0.553. The highest BCUT2D eigenvalue weighted by Crippen LogP contribution is 2.33. The number of rotatable bonds is 7. The predicted octanol–water partition coefficient (Wildman–Crippen LogP) is 3.14. The maximum Gasteiger partial charge on any atom is 0.273 e. The molecule has 8 nitrogen and oxygen atoms in total. The van der Waals surface area contributed by atoms with E-state index in [1.165, 1.54) is 20.3 Å². The van der Waals surface area contributed by atoms with Gasteiger partial charge >= 0.3 is 0 Å². The van der Waals surface area contributed by atoms with Gasteiger partial charge in [-0.25, -0.2) is 13.2 Å². The molecule has 3 rings (SSSR count). The molecule has 3 aromatic rings. The molecule has 0 bridgehead atoms. The minimum Gasteiger partial charge on any atom is -0.497 e. The van der Waals surface area contributed by atoms with E-state index in [4.69, 9.17) is 14.0 Å². The Balaban J connectivity index is 1.66. The van der Waals surface area contributed by atoms with Crippen molar-refractivity contribution in [1.29, 1.82) is 0 Å². The smallest absolute Gasteiger partial charge is 0.273 e. The molecule has 1 heterocycles. The third kappa shape index (κ3) is 4.77. The molecule has 0 saturated heterocycles. The lowest BCUT2D eigenvalue weighted by atomic mass is 10.1. The number of amides is 2. The molecule has 0 fully saturated rings. The predicted molar refractivity (Wildman–Crippen MR) is 102 cm³/mol. The van der Waals surface area contributed by atoms with Crippen LogP contribution < -0.4 is 20.1 Å². The average Bonchev–Trinajstić information content (AvgIpc) is 3.27. The monoisotopic (exact) mass is 435 g/mol. The molecule has 2 amide bonds. The van der Waals surface area contributed by atoms with Gasteiger partial charge in [0.1, 0.15) is 11.5 Å². The van der Waals surface area contributed by atoms with Crippen LogP contribution in [-0.4, -0.2) is 37.7 Å². The molecular formula is C20H16F3N3O5. The van der Waals surface area contributed by atoms with Crippen LogP contribution in [0.25, 0.3) is 11.3 Å². The molecule has 0 saturated carbocycles. The Labute approximate surface area is 173 Å². The number of carbonyl (C=O) groups excluding carboxylic acids is 2. The highest BCUT2D eigenvalue weighted by Gasteiger charge is 2.19. The summed E-state index contributed by atoms with van der Waals surface area (Å²) < 4.78 is 55.3. The first-order valence-electron chi connectivity index (χ1n) is 8.74. The van der Waals surface area contributed by atoms with Crippen molar-refractivity contribution in [2.75, 3.05) is 26.1 Å². The van der Waals surface area contributed by atoms with Gasteiger partial charge in [0, 0.05) is 6.07 Å². The van der Waals surface area contributed by atoms with Crippen LogP contribution in [0, 0.1) is 17.5 Å². The number of hydrogen-bond acceptors (Lipinski definition) is 6. The third-order valence-corrected chi connectivity index (χ3v) is 4.13. The zero-order valence-corrected chi connectivity index (χ0v) is 16.3. The van der Waals surface area contributed by atoms with Crippen molar-refractivity contribution in [2.45, 2.75) is 0 Å². The van der Waals surface area contributed by atoms with Crippen molar-refractivity contribution in [3.05, 3.63) is 59.5 Å². The summed E-state index contributed by atoms with van der Waals surface area (Å²) >= 11 is 0. The number of ether oxygens (including phenoxy) is 2. The number of aromatic nitrogens is 1. The van der Waals surface area contributed by atoms with Crippen LogP contribution in [0.5, 0.6) is 11.5 Å². The fraction of sp³-hybridized carbons (Fsp3) is 0.150. The standard InChI is InChI=1S/C20H16F3N3O5/c1-29-10-3-6-15(30-2)11(7-10)16-8-14(26-31-16)20(28)24-9-17(27)25-13-5-4-12(21)18(22)19(13)23/h3-8H,9H2,1-2H3,(H,24,28)(H,25,27). The topological polar surface area (TPSA) is 103 Å². The Bertz CT molecular complexity index is 1130. The third-order valence-electron chi connectivity index (χ3n) is 4.13. The summed E-state index contributed by atoms with van der Waals surface area (Å²) in [6.45, 7) is -0.581. The average molecular weight is 435 g/mol. The molecule has 1 aromatic heterocycles. The first kappa shape index (κ1) is 21.7. The van der Waals surface area contributed by atoms with E-state index in [0.29, 0.717) is 23.1 Å². The molecular weight excluding hydrogens is 419 g/mol. The van der Waals surface area contributed by atoms with Crippen LogP contribution in [0.1, 0.15) is 10.5 Å². The molecule has 0 spiro atoms. The molecule has 31 heavy (non-hydrogen) atoms. The second kappa shape index (κ2) is 9.20. The number of methoxy groups -OCH3 is 2. The van der Waals surface area contributed by atoms with Gasteiger partial charge in [-0.3, -0.25) is 9.59 Å². The zero-order chi connectivity index (χ0) is 22.5. The van der Waals surface area contributed by atoms with Crippen LogP contribution >= 0.6 is 0 Å². The summed E-state index contributed by atoms with van der Waals surface area (Å²) in [7, 11) is 2.95. The highest BCUT2D eigenvalue weighted by atomic mass is 19.2. The van der Waals surface area contributed by atoms with Gasteiger partial charge in [-0.1, -0.05) is 5.16 Å². The van der Waals surface area contributed by atoms with Crippen LogP contribution in [0.15, 0.2) is 40.9 Å². The Morgan fingerprint density at radius 1 is 1.03 bits per heavy atom. The second-order valence-corrected chi connectivity index (χ2v) is 6.10.